The fourth-order valence-corrected chi connectivity index (χ4v) is 2.73. The van der Waals surface area contributed by atoms with Crippen molar-refractivity contribution < 1.29 is 9.53 Å². The Morgan fingerprint density at radius 3 is 2.45 bits per heavy atom. The molecule has 1 saturated heterocycles. The number of carbonyl (C=O) groups is 1. The fourth-order valence-electron chi connectivity index (χ4n) is 2.73. The number of likely N-dealkylation sites (tertiary alicyclic amines) is 1. The van der Waals surface area contributed by atoms with Crippen LogP contribution in [0.1, 0.15) is 26.3 Å². The summed E-state index contributed by atoms with van der Waals surface area (Å²) >= 11 is 0. The highest BCUT2D eigenvalue weighted by Gasteiger charge is 2.28. The molecule has 1 heterocycles. The summed E-state index contributed by atoms with van der Waals surface area (Å²) in [5.41, 5.74) is 1.04. The highest BCUT2D eigenvalue weighted by atomic mass is 16.5. The molecule has 0 aliphatic carbocycles. The van der Waals surface area contributed by atoms with E-state index in [0.717, 1.165) is 37.0 Å². The van der Waals surface area contributed by atoms with Gasteiger partial charge in [0, 0.05) is 19.6 Å². The largest absolute Gasteiger partial charge is 0.461 e. The highest BCUT2D eigenvalue weighted by Crippen LogP contribution is 2.23. The third kappa shape index (κ3) is 4.07. The number of nitrogens with zero attached hydrogens (tertiary/aromatic N) is 1. The molecule has 0 aromatic heterocycles. The SMILES string of the molecule is CC(CN1CC(C)C(C)C1)C(=O)OCc1ccccc1. The van der Waals surface area contributed by atoms with Gasteiger partial charge < -0.3 is 9.64 Å². The van der Waals surface area contributed by atoms with E-state index in [0.29, 0.717) is 6.61 Å². The molecule has 3 heteroatoms. The summed E-state index contributed by atoms with van der Waals surface area (Å²) in [7, 11) is 0. The van der Waals surface area contributed by atoms with Crippen molar-refractivity contribution >= 4 is 5.97 Å². The normalized spacial score (nSPS) is 24.6. The Morgan fingerprint density at radius 2 is 1.85 bits per heavy atom. The monoisotopic (exact) mass is 275 g/mol. The first-order valence-electron chi connectivity index (χ1n) is 7.49. The predicted molar refractivity (Wildman–Crippen MR) is 80.2 cm³/mol. The number of carbonyl (C=O) groups excluding carboxylic acids is 1. The zero-order valence-electron chi connectivity index (χ0n) is 12.7. The van der Waals surface area contributed by atoms with Crippen LogP contribution in [-0.2, 0) is 16.1 Å². The zero-order valence-corrected chi connectivity index (χ0v) is 12.7. The lowest BCUT2D eigenvalue weighted by Gasteiger charge is -2.19. The van der Waals surface area contributed by atoms with E-state index < -0.39 is 0 Å². The molecule has 0 bridgehead atoms. The Kier molecular flexibility index (Phi) is 5.18. The van der Waals surface area contributed by atoms with Gasteiger partial charge in [0.1, 0.15) is 6.61 Å². The molecule has 0 N–H and O–H groups in total. The molecule has 0 radical (unpaired) electrons. The molecule has 1 aromatic carbocycles. The van der Waals surface area contributed by atoms with Crippen molar-refractivity contribution in [2.45, 2.75) is 27.4 Å². The van der Waals surface area contributed by atoms with Gasteiger partial charge in [0.25, 0.3) is 0 Å². The molecule has 1 aliphatic rings. The minimum absolute atomic E-state index is 0.0591. The van der Waals surface area contributed by atoms with Gasteiger partial charge in [-0.2, -0.15) is 0 Å². The Morgan fingerprint density at radius 1 is 1.25 bits per heavy atom. The van der Waals surface area contributed by atoms with Gasteiger partial charge in [-0.05, 0) is 17.4 Å². The first-order chi connectivity index (χ1) is 9.56. The van der Waals surface area contributed by atoms with Crippen LogP contribution in [0, 0.1) is 17.8 Å². The Bertz CT molecular complexity index is 422. The van der Waals surface area contributed by atoms with Crippen molar-refractivity contribution in [2.75, 3.05) is 19.6 Å². The second-order valence-electron chi connectivity index (χ2n) is 6.17. The van der Waals surface area contributed by atoms with E-state index in [1.54, 1.807) is 0 Å². The molecule has 3 unspecified atom stereocenters. The molecule has 0 saturated carbocycles. The molecule has 0 spiro atoms. The Hall–Kier alpha value is -1.35. The smallest absolute Gasteiger partial charge is 0.310 e. The lowest BCUT2D eigenvalue weighted by molar-refractivity contribution is -0.149. The third-order valence-electron chi connectivity index (χ3n) is 4.22. The summed E-state index contributed by atoms with van der Waals surface area (Å²) in [5, 5.41) is 0. The zero-order chi connectivity index (χ0) is 14.5. The topological polar surface area (TPSA) is 29.5 Å². The van der Waals surface area contributed by atoms with E-state index in [2.05, 4.69) is 18.7 Å². The molecule has 20 heavy (non-hydrogen) atoms. The molecule has 1 aromatic rings. The van der Waals surface area contributed by atoms with Gasteiger partial charge in [-0.3, -0.25) is 4.79 Å². The number of hydrogen-bond acceptors (Lipinski definition) is 3. The summed E-state index contributed by atoms with van der Waals surface area (Å²) in [6.07, 6.45) is 0. The number of benzene rings is 1. The number of rotatable bonds is 5. The molecule has 1 fully saturated rings. The quantitative estimate of drug-likeness (QED) is 0.774. The molecule has 3 nitrogen and oxygen atoms in total. The molecule has 0 amide bonds. The standard InChI is InChI=1S/C17H25NO2/c1-13-9-18(10-14(13)2)11-15(3)17(19)20-12-16-7-5-4-6-8-16/h4-8,13-15H,9-12H2,1-3H3. The summed E-state index contributed by atoms with van der Waals surface area (Å²) in [6, 6.07) is 9.83. The van der Waals surface area contributed by atoms with Crippen molar-refractivity contribution in [3.8, 4) is 0 Å². The highest BCUT2D eigenvalue weighted by molar-refractivity contribution is 5.72. The average Bonchev–Trinajstić information content (AvgIpc) is 2.75. The second kappa shape index (κ2) is 6.89. The maximum atomic E-state index is 12.0. The Balaban J connectivity index is 1.75. The first-order valence-corrected chi connectivity index (χ1v) is 7.49. The van der Waals surface area contributed by atoms with E-state index in [1.807, 2.05) is 37.3 Å². The predicted octanol–water partition coefficient (Wildman–Crippen LogP) is 2.95. The van der Waals surface area contributed by atoms with Crippen LogP contribution in [0.5, 0.6) is 0 Å². The molecular weight excluding hydrogens is 250 g/mol. The van der Waals surface area contributed by atoms with E-state index in [4.69, 9.17) is 4.74 Å². The van der Waals surface area contributed by atoms with Gasteiger partial charge >= 0.3 is 5.97 Å². The molecule has 3 atom stereocenters. The first kappa shape index (κ1) is 15.0. The average molecular weight is 275 g/mol. The van der Waals surface area contributed by atoms with Crippen molar-refractivity contribution in [1.29, 1.82) is 0 Å². The lowest BCUT2D eigenvalue weighted by atomic mass is 10.0. The van der Waals surface area contributed by atoms with Crippen LogP contribution in [0.15, 0.2) is 30.3 Å². The van der Waals surface area contributed by atoms with Crippen LogP contribution in [-0.4, -0.2) is 30.5 Å². The number of esters is 1. The van der Waals surface area contributed by atoms with Gasteiger partial charge in [-0.1, -0.05) is 51.1 Å². The van der Waals surface area contributed by atoms with Gasteiger partial charge in [0.2, 0.25) is 0 Å². The maximum Gasteiger partial charge on any atom is 0.310 e. The van der Waals surface area contributed by atoms with E-state index >= 15 is 0 Å². The van der Waals surface area contributed by atoms with Crippen LogP contribution in [0.4, 0.5) is 0 Å². The van der Waals surface area contributed by atoms with Crippen molar-refractivity contribution in [3.05, 3.63) is 35.9 Å². The minimum atomic E-state index is -0.0962. The van der Waals surface area contributed by atoms with E-state index in [1.165, 1.54) is 0 Å². The Labute approximate surface area is 121 Å². The fraction of sp³-hybridized carbons (Fsp3) is 0.588. The van der Waals surface area contributed by atoms with Gasteiger partial charge in [0.05, 0.1) is 5.92 Å². The number of hydrogen-bond donors (Lipinski definition) is 0. The molecule has 110 valence electrons. The van der Waals surface area contributed by atoms with Crippen molar-refractivity contribution in [3.63, 3.8) is 0 Å². The van der Waals surface area contributed by atoms with Crippen LogP contribution < -0.4 is 0 Å². The minimum Gasteiger partial charge on any atom is -0.461 e. The maximum absolute atomic E-state index is 12.0. The summed E-state index contributed by atoms with van der Waals surface area (Å²) in [6.45, 7) is 9.89. The van der Waals surface area contributed by atoms with Crippen LogP contribution in [0.25, 0.3) is 0 Å². The van der Waals surface area contributed by atoms with Crippen molar-refractivity contribution in [1.82, 2.24) is 4.90 Å². The lowest BCUT2D eigenvalue weighted by Crippen LogP contribution is -2.31. The molecule has 1 aliphatic heterocycles. The number of ether oxygens (including phenoxy) is 1. The van der Waals surface area contributed by atoms with Crippen LogP contribution >= 0.6 is 0 Å². The summed E-state index contributed by atoms with van der Waals surface area (Å²) < 4.78 is 5.39. The van der Waals surface area contributed by atoms with Gasteiger partial charge in [-0.25, -0.2) is 0 Å². The van der Waals surface area contributed by atoms with Gasteiger partial charge in [-0.15, -0.1) is 0 Å². The molecule has 2 rings (SSSR count). The summed E-state index contributed by atoms with van der Waals surface area (Å²) in [5.74, 6) is 1.29. The van der Waals surface area contributed by atoms with Crippen LogP contribution in [0.2, 0.25) is 0 Å². The van der Waals surface area contributed by atoms with Crippen LogP contribution in [0.3, 0.4) is 0 Å². The molecular formula is C17H25NO2. The van der Waals surface area contributed by atoms with E-state index in [9.17, 15) is 4.79 Å². The summed E-state index contributed by atoms with van der Waals surface area (Å²) in [4.78, 5) is 14.4. The third-order valence-corrected chi connectivity index (χ3v) is 4.22. The van der Waals surface area contributed by atoms with Crippen molar-refractivity contribution in [2.24, 2.45) is 17.8 Å². The van der Waals surface area contributed by atoms with E-state index in [-0.39, 0.29) is 11.9 Å². The second-order valence-corrected chi connectivity index (χ2v) is 6.17. The van der Waals surface area contributed by atoms with Gasteiger partial charge in [0.15, 0.2) is 0 Å².